The zero-order chi connectivity index (χ0) is 19.7. The van der Waals surface area contributed by atoms with Crippen LogP contribution in [0.4, 0.5) is 14.0 Å². The molecule has 2 fully saturated rings. The van der Waals surface area contributed by atoms with E-state index in [9.17, 15) is 18.8 Å². The number of urea groups is 2. The molecule has 0 unspecified atom stereocenters. The molecular weight excluding hydrogens is 367 g/mol. The maximum Gasteiger partial charge on any atom is 0.322 e. The van der Waals surface area contributed by atoms with Crippen molar-refractivity contribution in [1.82, 2.24) is 30.4 Å². The topological polar surface area (TPSA) is 108 Å². The largest absolute Gasteiger partial charge is 0.334 e. The number of hydrogen-bond donors (Lipinski definition) is 3. The van der Waals surface area contributed by atoms with E-state index in [0.29, 0.717) is 37.2 Å². The molecule has 1 aromatic heterocycles. The Labute approximate surface area is 159 Å². The number of imide groups is 1. The first kappa shape index (κ1) is 18.0. The van der Waals surface area contributed by atoms with Crippen molar-refractivity contribution < 1.29 is 18.8 Å². The van der Waals surface area contributed by atoms with Crippen LogP contribution in [-0.2, 0) is 11.3 Å². The number of halogens is 1. The summed E-state index contributed by atoms with van der Waals surface area (Å²) >= 11 is 0. The standard InChI is InChI=1S/C18H19FN6O3/c19-13-9-12(1-2-14(13)25-8-5-20-11-25)10-21-17(28)24-6-3-18(4-7-24)15(26)22-16(27)23-18/h1-2,5,8-9,11H,3-4,6-7,10H2,(H,21,28)(H2,22,23,26,27). The fourth-order valence-corrected chi connectivity index (χ4v) is 3.53. The molecule has 10 heteroatoms. The third-order valence-corrected chi connectivity index (χ3v) is 5.16. The molecule has 1 spiro atoms. The van der Waals surface area contributed by atoms with Gasteiger partial charge < -0.3 is 20.1 Å². The van der Waals surface area contributed by atoms with Crippen LogP contribution in [0, 0.1) is 5.82 Å². The Balaban J connectivity index is 1.32. The summed E-state index contributed by atoms with van der Waals surface area (Å²) in [7, 11) is 0. The highest BCUT2D eigenvalue weighted by Gasteiger charge is 2.48. The lowest BCUT2D eigenvalue weighted by atomic mass is 9.88. The summed E-state index contributed by atoms with van der Waals surface area (Å²) in [4.78, 5) is 41.2. The van der Waals surface area contributed by atoms with Gasteiger partial charge in [0.2, 0.25) is 0 Å². The Morgan fingerprint density at radius 3 is 2.68 bits per heavy atom. The molecule has 0 radical (unpaired) electrons. The predicted octanol–water partition coefficient (Wildman–Crippen LogP) is 0.895. The van der Waals surface area contributed by atoms with Crippen molar-refractivity contribution in [3.8, 4) is 5.69 Å². The van der Waals surface area contributed by atoms with Crippen molar-refractivity contribution in [3.63, 3.8) is 0 Å². The van der Waals surface area contributed by atoms with Crippen molar-refractivity contribution in [2.75, 3.05) is 13.1 Å². The maximum atomic E-state index is 14.3. The molecule has 9 nitrogen and oxygen atoms in total. The molecule has 3 heterocycles. The molecule has 0 aliphatic carbocycles. The lowest BCUT2D eigenvalue weighted by Crippen LogP contribution is -2.57. The van der Waals surface area contributed by atoms with Crippen LogP contribution in [0.1, 0.15) is 18.4 Å². The monoisotopic (exact) mass is 386 g/mol. The number of nitrogens with one attached hydrogen (secondary N) is 3. The summed E-state index contributed by atoms with van der Waals surface area (Å²) in [6.07, 6.45) is 5.43. The van der Waals surface area contributed by atoms with Crippen LogP contribution < -0.4 is 16.0 Å². The normalized spacial score (nSPS) is 18.1. The lowest BCUT2D eigenvalue weighted by Gasteiger charge is -2.36. The highest BCUT2D eigenvalue weighted by molar-refractivity contribution is 6.07. The van der Waals surface area contributed by atoms with Gasteiger partial charge in [0.1, 0.15) is 11.4 Å². The van der Waals surface area contributed by atoms with E-state index in [1.165, 1.54) is 12.4 Å². The molecule has 0 bridgehead atoms. The number of imidazole rings is 1. The Morgan fingerprint density at radius 1 is 1.29 bits per heavy atom. The average Bonchev–Trinajstić information content (AvgIpc) is 3.29. The van der Waals surface area contributed by atoms with Crippen LogP contribution in [0.15, 0.2) is 36.9 Å². The Bertz CT molecular complexity index is 921. The highest BCUT2D eigenvalue weighted by Crippen LogP contribution is 2.25. The number of piperidine rings is 1. The van der Waals surface area contributed by atoms with Crippen LogP contribution in [0.3, 0.4) is 0 Å². The second kappa shape index (κ2) is 6.95. The van der Waals surface area contributed by atoms with Gasteiger partial charge in [0.05, 0.1) is 12.0 Å². The van der Waals surface area contributed by atoms with E-state index in [2.05, 4.69) is 20.9 Å². The molecule has 2 aliphatic rings. The fraction of sp³-hybridized carbons (Fsp3) is 0.333. The Hall–Kier alpha value is -3.43. The molecule has 0 atom stereocenters. The van der Waals surface area contributed by atoms with Crippen molar-refractivity contribution >= 4 is 18.0 Å². The first-order valence-corrected chi connectivity index (χ1v) is 8.90. The first-order chi connectivity index (χ1) is 13.5. The molecule has 3 N–H and O–H groups in total. The van der Waals surface area contributed by atoms with Gasteiger partial charge in [-0.05, 0) is 30.5 Å². The predicted molar refractivity (Wildman–Crippen MR) is 96.0 cm³/mol. The van der Waals surface area contributed by atoms with Gasteiger partial charge in [0.15, 0.2) is 0 Å². The molecule has 2 aromatic rings. The zero-order valence-electron chi connectivity index (χ0n) is 14.9. The quantitative estimate of drug-likeness (QED) is 0.681. The van der Waals surface area contributed by atoms with Crippen molar-refractivity contribution in [1.29, 1.82) is 0 Å². The summed E-state index contributed by atoms with van der Waals surface area (Å²) in [6, 6.07) is 3.95. The molecular formula is C18H19FN6O3. The molecule has 4 rings (SSSR count). The molecule has 1 aromatic carbocycles. The SMILES string of the molecule is O=C1NC(=O)C2(CCN(C(=O)NCc3ccc(-n4ccnc4)c(F)c3)CC2)N1. The smallest absolute Gasteiger partial charge is 0.322 e. The van der Waals surface area contributed by atoms with Crippen LogP contribution in [0.2, 0.25) is 0 Å². The number of rotatable bonds is 3. The Kier molecular flexibility index (Phi) is 4.46. The summed E-state index contributed by atoms with van der Waals surface area (Å²) in [5, 5.41) is 7.65. The molecule has 2 aliphatic heterocycles. The van der Waals surface area contributed by atoms with Crippen molar-refractivity contribution in [2.45, 2.75) is 24.9 Å². The average molecular weight is 386 g/mol. The van der Waals surface area contributed by atoms with Crippen LogP contribution in [0.5, 0.6) is 0 Å². The second-order valence-corrected chi connectivity index (χ2v) is 6.89. The number of hydrogen-bond acceptors (Lipinski definition) is 4. The van der Waals surface area contributed by atoms with Gasteiger partial charge in [-0.25, -0.2) is 19.0 Å². The Morgan fingerprint density at radius 2 is 2.07 bits per heavy atom. The van der Waals surface area contributed by atoms with Gasteiger partial charge in [0.25, 0.3) is 5.91 Å². The van der Waals surface area contributed by atoms with Gasteiger partial charge >= 0.3 is 12.1 Å². The first-order valence-electron chi connectivity index (χ1n) is 8.90. The minimum atomic E-state index is -0.917. The molecule has 0 saturated carbocycles. The minimum absolute atomic E-state index is 0.179. The zero-order valence-corrected chi connectivity index (χ0v) is 14.9. The highest BCUT2D eigenvalue weighted by atomic mass is 19.1. The van der Waals surface area contributed by atoms with Gasteiger partial charge in [-0.2, -0.15) is 0 Å². The second-order valence-electron chi connectivity index (χ2n) is 6.89. The fourth-order valence-electron chi connectivity index (χ4n) is 3.53. The third kappa shape index (κ3) is 3.28. The van der Waals surface area contributed by atoms with E-state index in [1.54, 1.807) is 34.0 Å². The summed E-state index contributed by atoms with van der Waals surface area (Å²) in [5.41, 5.74) is 0.0941. The summed E-state index contributed by atoms with van der Waals surface area (Å²) < 4.78 is 15.9. The van der Waals surface area contributed by atoms with E-state index in [0.717, 1.165) is 0 Å². The molecule has 146 valence electrons. The van der Waals surface area contributed by atoms with E-state index in [4.69, 9.17) is 0 Å². The van der Waals surface area contributed by atoms with E-state index < -0.39 is 17.4 Å². The van der Waals surface area contributed by atoms with E-state index in [1.807, 2.05) is 0 Å². The van der Waals surface area contributed by atoms with Crippen molar-refractivity contribution in [2.24, 2.45) is 0 Å². The number of likely N-dealkylation sites (tertiary alicyclic amines) is 1. The van der Waals surface area contributed by atoms with Gasteiger partial charge in [0, 0.05) is 32.0 Å². The number of aromatic nitrogens is 2. The number of carbonyl (C=O) groups excluding carboxylic acids is 3. The molecule has 5 amide bonds. The molecule has 2 saturated heterocycles. The summed E-state index contributed by atoms with van der Waals surface area (Å²) in [5.74, 6) is -0.751. The van der Waals surface area contributed by atoms with E-state index in [-0.39, 0.29) is 18.5 Å². The lowest BCUT2D eigenvalue weighted by molar-refractivity contribution is -0.125. The van der Waals surface area contributed by atoms with Gasteiger partial charge in [-0.1, -0.05) is 6.07 Å². The maximum absolute atomic E-state index is 14.3. The van der Waals surface area contributed by atoms with Gasteiger partial charge in [-0.3, -0.25) is 10.1 Å². The van der Waals surface area contributed by atoms with Crippen LogP contribution in [-0.4, -0.2) is 51.0 Å². The number of amides is 5. The minimum Gasteiger partial charge on any atom is -0.334 e. The van der Waals surface area contributed by atoms with Crippen molar-refractivity contribution in [3.05, 3.63) is 48.3 Å². The number of benzene rings is 1. The van der Waals surface area contributed by atoms with Crippen LogP contribution in [0.25, 0.3) is 5.69 Å². The number of nitrogens with zero attached hydrogens (tertiary/aromatic N) is 3. The van der Waals surface area contributed by atoms with Crippen LogP contribution >= 0.6 is 0 Å². The third-order valence-electron chi connectivity index (χ3n) is 5.16. The van der Waals surface area contributed by atoms with E-state index >= 15 is 0 Å². The number of carbonyl (C=O) groups is 3. The summed E-state index contributed by atoms with van der Waals surface area (Å²) in [6.45, 7) is 0.861. The van der Waals surface area contributed by atoms with Gasteiger partial charge in [-0.15, -0.1) is 0 Å². The molecule has 28 heavy (non-hydrogen) atoms.